The molecule has 3 amide bonds. The topological polar surface area (TPSA) is 83.6 Å². The summed E-state index contributed by atoms with van der Waals surface area (Å²) in [6.45, 7) is 2.06. The first-order valence-electron chi connectivity index (χ1n) is 6.99. The summed E-state index contributed by atoms with van der Waals surface area (Å²) in [7, 11) is -3.58. The lowest BCUT2D eigenvalue weighted by Gasteiger charge is -2.33. The third kappa shape index (κ3) is 1.93. The van der Waals surface area contributed by atoms with Gasteiger partial charge in [0.1, 0.15) is 11.4 Å². The molecule has 3 rings (SSSR count). The van der Waals surface area contributed by atoms with Crippen molar-refractivity contribution in [3.8, 4) is 0 Å². The number of halogens is 1. The van der Waals surface area contributed by atoms with Gasteiger partial charge in [-0.15, -0.1) is 0 Å². The summed E-state index contributed by atoms with van der Waals surface area (Å²) in [5.41, 5.74) is -1.45. The SMILES string of the molecule is CCCN1C(=O)N[C@]2(CCS(=O)(=O)c3ccc(F)cc32)C1=O. The Kier molecular flexibility index (Phi) is 3.24. The maximum atomic E-state index is 13.6. The monoisotopic (exact) mass is 326 g/mol. The second-order valence-electron chi connectivity index (χ2n) is 5.50. The summed E-state index contributed by atoms with van der Waals surface area (Å²) in [5, 5.41) is 2.58. The van der Waals surface area contributed by atoms with Crippen LogP contribution >= 0.6 is 0 Å². The molecule has 1 spiro atoms. The molecule has 1 saturated heterocycles. The molecule has 22 heavy (non-hydrogen) atoms. The molecule has 1 aromatic carbocycles. The minimum Gasteiger partial charge on any atom is -0.319 e. The normalized spacial score (nSPS) is 26.2. The van der Waals surface area contributed by atoms with Crippen LogP contribution in [0.1, 0.15) is 25.3 Å². The van der Waals surface area contributed by atoms with Gasteiger partial charge >= 0.3 is 6.03 Å². The molecule has 2 aliphatic heterocycles. The van der Waals surface area contributed by atoms with Crippen LogP contribution in [0, 0.1) is 5.82 Å². The maximum absolute atomic E-state index is 13.6. The lowest BCUT2D eigenvalue weighted by Crippen LogP contribution is -2.49. The van der Waals surface area contributed by atoms with Gasteiger partial charge < -0.3 is 5.32 Å². The zero-order valence-electron chi connectivity index (χ0n) is 11.9. The Morgan fingerprint density at radius 2 is 2.09 bits per heavy atom. The number of amides is 3. The highest BCUT2D eigenvalue weighted by Crippen LogP contribution is 2.41. The van der Waals surface area contributed by atoms with Crippen LogP contribution in [0.25, 0.3) is 0 Å². The molecule has 0 saturated carbocycles. The van der Waals surface area contributed by atoms with Gasteiger partial charge in [0, 0.05) is 12.1 Å². The van der Waals surface area contributed by atoms with Crippen molar-refractivity contribution >= 4 is 21.8 Å². The number of hydrogen-bond donors (Lipinski definition) is 1. The van der Waals surface area contributed by atoms with Crippen LogP contribution in [0.4, 0.5) is 9.18 Å². The van der Waals surface area contributed by atoms with E-state index in [1.807, 2.05) is 6.92 Å². The van der Waals surface area contributed by atoms with Gasteiger partial charge in [-0.3, -0.25) is 9.69 Å². The molecule has 6 nitrogen and oxygen atoms in total. The highest BCUT2D eigenvalue weighted by atomic mass is 32.2. The zero-order valence-corrected chi connectivity index (χ0v) is 12.7. The first-order valence-corrected chi connectivity index (χ1v) is 8.64. The van der Waals surface area contributed by atoms with Crippen molar-refractivity contribution in [1.29, 1.82) is 0 Å². The fourth-order valence-electron chi connectivity index (χ4n) is 3.04. The van der Waals surface area contributed by atoms with Crippen LogP contribution < -0.4 is 5.32 Å². The first-order chi connectivity index (χ1) is 10.3. The van der Waals surface area contributed by atoms with E-state index in [1.165, 1.54) is 0 Å². The largest absolute Gasteiger partial charge is 0.325 e. The van der Waals surface area contributed by atoms with Gasteiger partial charge in [0.25, 0.3) is 5.91 Å². The van der Waals surface area contributed by atoms with E-state index in [9.17, 15) is 22.4 Å². The molecule has 2 heterocycles. The van der Waals surface area contributed by atoms with Crippen molar-refractivity contribution < 1.29 is 22.4 Å². The second-order valence-corrected chi connectivity index (χ2v) is 7.58. The summed E-state index contributed by atoms with van der Waals surface area (Å²) in [5.74, 6) is -1.43. The number of hydrogen-bond acceptors (Lipinski definition) is 4. The Hall–Kier alpha value is -1.96. The van der Waals surface area contributed by atoms with E-state index in [-0.39, 0.29) is 29.2 Å². The zero-order chi connectivity index (χ0) is 16.1. The van der Waals surface area contributed by atoms with Gasteiger partial charge in [-0.25, -0.2) is 17.6 Å². The standard InChI is InChI=1S/C14H15FN2O4S/c1-2-6-17-12(18)14(16-13(17)19)5-7-22(20,21)11-4-3-9(15)8-10(11)14/h3-4,8H,2,5-7H2,1H3,(H,16,19)/t14-/m0/s1. The minimum absolute atomic E-state index is 0.0238. The molecule has 1 N–H and O–H groups in total. The fourth-order valence-corrected chi connectivity index (χ4v) is 4.68. The smallest absolute Gasteiger partial charge is 0.319 e. The van der Waals surface area contributed by atoms with E-state index in [0.29, 0.717) is 6.42 Å². The number of urea groups is 1. The number of sulfone groups is 1. The van der Waals surface area contributed by atoms with Crippen molar-refractivity contribution in [3.63, 3.8) is 0 Å². The molecule has 118 valence electrons. The first kappa shape index (κ1) is 15.0. The molecule has 0 bridgehead atoms. The fraction of sp³-hybridized carbons (Fsp3) is 0.429. The number of imide groups is 1. The van der Waals surface area contributed by atoms with Gasteiger partial charge in [0.15, 0.2) is 9.84 Å². The quantitative estimate of drug-likeness (QED) is 0.653. The number of carbonyl (C=O) groups excluding carboxylic acids is 2. The van der Waals surface area contributed by atoms with Gasteiger partial charge in [-0.1, -0.05) is 6.92 Å². The molecular formula is C14H15FN2O4S. The van der Waals surface area contributed by atoms with E-state index < -0.39 is 33.1 Å². The summed E-state index contributed by atoms with van der Waals surface area (Å²) in [6, 6.07) is 2.66. The lowest BCUT2D eigenvalue weighted by atomic mass is 9.86. The number of fused-ring (bicyclic) bond motifs is 2. The van der Waals surface area contributed by atoms with Crippen LogP contribution in [0.2, 0.25) is 0 Å². The number of carbonyl (C=O) groups is 2. The Balaban J connectivity index is 2.20. The molecule has 1 fully saturated rings. The lowest BCUT2D eigenvalue weighted by molar-refractivity contribution is -0.131. The summed E-state index contributed by atoms with van der Waals surface area (Å²) in [4.78, 5) is 25.7. The van der Waals surface area contributed by atoms with Crippen LogP contribution in [-0.2, 0) is 20.2 Å². The van der Waals surface area contributed by atoms with Gasteiger partial charge in [-0.05, 0) is 31.0 Å². The van der Waals surface area contributed by atoms with E-state index in [1.54, 1.807) is 0 Å². The van der Waals surface area contributed by atoms with Crippen molar-refractivity contribution in [2.75, 3.05) is 12.3 Å². The van der Waals surface area contributed by atoms with Gasteiger partial charge in [0.05, 0.1) is 10.6 Å². The third-order valence-corrected chi connectivity index (χ3v) is 5.87. The predicted octanol–water partition coefficient (Wildman–Crippen LogP) is 1.16. The number of rotatable bonds is 2. The highest BCUT2D eigenvalue weighted by Gasteiger charge is 2.56. The molecular weight excluding hydrogens is 311 g/mol. The van der Waals surface area contributed by atoms with Crippen molar-refractivity contribution in [2.24, 2.45) is 0 Å². The average molecular weight is 326 g/mol. The van der Waals surface area contributed by atoms with E-state index in [2.05, 4.69) is 5.32 Å². The summed E-state index contributed by atoms with van der Waals surface area (Å²) < 4.78 is 37.9. The molecule has 2 aliphatic rings. The Bertz CT molecular complexity index is 777. The second kappa shape index (κ2) is 4.77. The molecule has 8 heteroatoms. The third-order valence-electron chi connectivity index (χ3n) is 4.11. The Labute approximate surface area is 127 Å². The van der Waals surface area contributed by atoms with Gasteiger partial charge in [0.2, 0.25) is 0 Å². The van der Waals surface area contributed by atoms with E-state index >= 15 is 0 Å². The van der Waals surface area contributed by atoms with Crippen LogP contribution in [0.15, 0.2) is 23.1 Å². The van der Waals surface area contributed by atoms with Crippen LogP contribution in [-0.4, -0.2) is 37.6 Å². The highest BCUT2D eigenvalue weighted by molar-refractivity contribution is 7.91. The number of benzene rings is 1. The van der Waals surface area contributed by atoms with Crippen molar-refractivity contribution in [3.05, 3.63) is 29.6 Å². The maximum Gasteiger partial charge on any atom is 0.325 e. The molecule has 0 aromatic heterocycles. The van der Waals surface area contributed by atoms with E-state index in [0.717, 1.165) is 23.1 Å². The Morgan fingerprint density at radius 1 is 1.36 bits per heavy atom. The van der Waals surface area contributed by atoms with Crippen molar-refractivity contribution in [2.45, 2.75) is 30.2 Å². The summed E-state index contributed by atoms with van der Waals surface area (Å²) in [6.07, 6.45) is 0.500. The molecule has 1 aromatic rings. The van der Waals surface area contributed by atoms with Gasteiger partial charge in [-0.2, -0.15) is 0 Å². The molecule has 1 atom stereocenters. The average Bonchev–Trinajstić information content (AvgIpc) is 2.69. The predicted molar refractivity (Wildman–Crippen MR) is 75.3 cm³/mol. The molecule has 0 unspecified atom stereocenters. The summed E-state index contributed by atoms with van der Waals surface area (Å²) >= 11 is 0. The van der Waals surface area contributed by atoms with Crippen LogP contribution in [0.5, 0.6) is 0 Å². The molecule has 0 aliphatic carbocycles. The number of nitrogens with zero attached hydrogens (tertiary/aromatic N) is 1. The van der Waals surface area contributed by atoms with Crippen LogP contribution in [0.3, 0.4) is 0 Å². The molecule has 0 radical (unpaired) electrons. The minimum atomic E-state index is -3.58. The number of nitrogens with one attached hydrogen (secondary N) is 1. The van der Waals surface area contributed by atoms with E-state index in [4.69, 9.17) is 0 Å². The Morgan fingerprint density at radius 3 is 2.77 bits per heavy atom. The van der Waals surface area contributed by atoms with Crippen molar-refractivity contribution in [1.82, 2.24) is 10.2 Å².